The lowest BCUT2D eigenvalue weighted by molar-refractivity contribution is -0.153. The maximum absolute atomic E-state index is 10.8. The summed E-state index contributed by atoms with van der Waals surface area (Å²) in [4.78, 5) is 30.6. The molecule has 1 aromatic rings. The van der Waals surface area contributed by atoms with Crippen molar-refractivity contribution >= 4 is 17.7 Å². The molecule has 0 bridgehead atoms. The van der Waals surface area contributed by atoms with Crippen LogP contribution in [0, 0.1) is 0 Å². The number of nitrogens with two attached hydrogens (primary N) is 1. The Morgan fingerprint density at radius 3 is 1.84 bits per heavy atom. The molecule has 0 saturated heterocycles. The fourth-order valence-corrected chi connectivity index (χ4v) is 0.904. The van der Waals surface area contributed by atoms with E-state index in [-0.39, 0.29) is 5.56 Å². The van der Waals surface area contributed by atoms with Crippen molar-refractivity contribution < 1.29 is 29.7 Å². The first-order chi connectivity index (χ1) is 8.77. The first-order valence-corrected chi connectivity index (χ1v) is 5.26. The van der Waals surface area contributed by atoms with Crippen LogP contribution < -0.4 is 5.73 Å². The standard InChI is InChI=1S/C9H8O4.C3H7NO2/c10-7(8(11)9(12)13)6-4-2-1-3-5-6;1-2(4)3(5)6/h1-5,7,10H,(H,12,13);2H,4H2,1H3,(H,5,6)/t;2-/m.0/s1. The van der Waals surface area contributed by atoms with Crippen LogP contribution in [-0.2, 0) is 14.4 Å². The Morgan fingerprint density at radius 1 is 1.11 bits per heavy atom. The topological polar surface area (TPSA) is 138 Å². The molecule has 0 aromatic heterocycles. The summed E-state index contributed by atoms with van der Waals surface area (Å²) in [5.74, 6) is -3.81. The fraction of sp³-hybridized carbons (Fsp3) is 0.250. The summed E-state index contributed by atoms with van der Waals surface area (Å²) in [6, 6.07) is 7.20. The molecule has 0 radical (unpaired) electrons. The number of carbonyl (C=O) groups is 3. The van der Waals surface area contributed by atoms with E-state index in [4.69, 9.17) is 15.9 Å². The summed E-state index contributed by atoms with van der Waals surface area (Å²) in [5.41, 5.74) is 5.12. The number of aliphatic carboxylic acids is 2. The number of hydrogen-bond donors (Lipinski definition) is 4. The van der Waals surface area contributed by atoms with Crippen molar-refractivity contribution in [2.45, 2.75) is 19.1 Å². The molecule has 1 rings (SSSR count). The minimum absolute atomic E-state index is 0.287. The average Bonchev–Trinajstić information content (AvgIpc) is 2.38. The number of carbonyl (C=O) groups excluding carboxylic acids is 1. The number of carboxylic acid groups (broad SMARTS) is 2. The highest BCUT2D eigenvalue weighted by Crippen LogP contribution is 2.12. The molecule has 0 saturated carbocycles. The Hall–Kier alpha value is -2.25. The van der Waals surface area contributed by atoms with E-state index < -0.39 is 29.9 Å². The van der Waals surface area contributed by atoms with E-state index in [0.717, 1.165) is 0 Å². The van der Waals surface area contributed by atoms with Crippen LogP contribution in [0.5, 0.6) is 0 Å². The number of benzene rings is 1. The van der Waals surface area contributed by atoms with Gasteiger partial charge in [0.25, 0.3) is 5.78 Å². The molecular formula is C12H15NO6. The van der Waals surface area contributed by atoms with Crippen molar-refractivity contribution in [3.05, 3.63) is 35.9 Å². The van der Waals surface area contributed by atoms with E-state index >= 15 is 0 Å². The van der Waals surface area contributed by atoms with Crippen LogP contribution in [0.15, 0.2) is 30.3 Å². The summed E-state index contributed by atoms with van der Waals surface area (Å²) < 4.78 is 0. The molecule has 0 aliphatic rings. The molecule has 0 aliphatic carbocycles. The summed E-state index contributed by atoms with van der Waals surface area (Å²) in [6.45, 7) is 1.42. The number of carboxylic acids is 2. The minimum Gasteiger partial charge on any atom is -0.480 e. The first kappa shape index (κ1) is 16.8. The van der Waals surface area contributed by atoms with E-state index in [1.165, 1.54) is 19.1 Å². The van der Waals surface area contributed by atoms with E-state index in [1.54, 1.807) is 18.2 Å². The SMILES string of the molecule is C[C@H](N)C(=O)O.O=C(O)C(=O)C(O)c1ccccc1. The van der Waals surface area contributed by atoms with Crippen LogP contribution in [0.2, 0.25) is 0 Å². The van der Waals surface area contributed by atoms with Gasteiger partial charge in [-0.3, -0.25) is 9.59 Å². The maximum Gasteiger partial charge on any atom is 0.375 e. The Kier molecular flexibility index (Phi) is 7.02. The van der Waals surface area contributed by atoms with Gasteiger partial charge in [-0.05, 0) is 12.5 Å². The monoisotopic (exact) mass is 269 g/mol. The molecule has 1 aromatic carbocycles. The zero-order valence-corrected chi connectivity index (χ0v) is 10.2. The molecular weight excluding hydrogens is 254 g/mol. The first-order valence-electron chi connectivity index (χ1n) is 5.26. The number of rotatable bonds is 4. The number of aliphatic hydroxyl groups excluding tert-OH is 1. The second kappa shape index (κ2) is 7.96. The average molecular weight is 269 g/mol. The van der Waals surface area contributed by atoms with Gasteiger partial charge in [0, 0.05) is 0 Å². The lowest BCUT2D eigenvalue weighted by Crippen LogP contribution is -2.25. The van der Waals surface area contributed by atoms with Crippen molar-refractivity contribution in [2.75, 3.05) is 0 Å². The van der Waals surface area contributed by atoms with Gasteiger partial charge in [-0.15, -0.1) is 0 Å². The predicted octanol–water partition coefficient (Wildman–Crippen LogP) is -0.208. The summed E-state index contributed by atoms with van der Waals surface area (Å²) in [5, 5.41) is 25.4. The van der Waals surface area contributed by atoms with Crippen LogP contribution in [0.4, 0.5) is 0 Å². The molecule has 7 nitrogen and oxygen atoms in total. The fourth-order valence-electron chi connectivity index (χ4n) is 0.904. The lowest BCUT2D eigenvalue weighted by atomic mass is 10.1. The molecule has 5 N–H and O–H groups in total. The third-order valence-corrected chi connectivity index (χ3v) is 1.96. The third kappa shape index (κ3) is 6.29. The highest BCUT2D eigenvalue weighted by Gasteiger charge is 2.23. The number of Topliss-reactive ketones (excluding diaryl/α,β-unsaturated/α-hetero) is 1. The molecule has 0 fully saturated rings. The van der Waals surface area contributed by atoms with Crippen LogP contribution in [0.3, 0.4) is 0 Å². The molecule has 104 valence electrons. The molecule has 2 atom stereocenters. The molecule has 0 amide bonds. The van der Waals surface area contributed by atoms with Crippen LogP contribution >= 0.6 is 0 Å². The highest BCUT2D eigenvalue weighted by molar-refractivity contribution is 6.34. The second-order valence-electron chi connectivity index (χ2n) is 3.61. The van der Waals surface area contributed by atoms with Gasteiger partial charge in [-0.2, -0.15) is 0 Å². The number of hydrogen-bond acceptors (Lipinski definition) is 5. The lowest BCUT2D eigenvalue weighted by Gasteiger charge is -2.05. The van der Waals surface area contributed by atoms with Crippen molar-refractivity contribution in [2.24, 2.45) is 5.73 Å². The highest BCUT2D eigenvalue weighted by atomic mass is 16.4. The van der Waals surface area contributed by atoms with E-state index in [9.17, 15) is 19.5 Å². The molecule has 0 heterocycles. The van der Waals surface area contributed by atoms with Gasteiger partial charge in [-0.25, -0.2) is 4.79 Å². The quantitative estimate of drug-likeness (QED) is 0.555. The van der Waals surface area contributed by atoms with E-state index in [0.29, 0.717) is 0 Å². The molecule has 1 unspecified atom stereocenters. The largest absolute Gasteiger partial charge is 0.480 e. The van der Waals surface area contributed by atoms with Gasteiger partial charge < -0.3 is 21.1 Å². The molecule has 0 aliphatic heterocycles. The molecule has 7 heteroatoms. The molecule has 0 spiro atoms. The van der Waals surface area contributed by atoms with Crippen LogP contribution in [0.1, 0.15) is 18.6 Å². The Morgan fingerprint density at radius 2 is 1.53 bits per heavy atom. The van der Waals surface area contributed by atoms with Crippen molar-refractivity contribution in [1.82, 2.24) is 0 Å². The minimum atomic E-state index is -1.63. The van der Waals surface area contributed by atoms with Gasteiger partial charge in [0.05, 0.1) is 0 Å². The van der Waals surface area contributed by atoms with E-state index in [1.807, 2.05) is 0 Å². The summed E-state index contributed by atoms with van der Waals surface area (Å²) >= 11 is 0. The third-order valence-electron chi connectivity index (χ3n) is 1.96. The van der Waals surface area contributed by atoms with Gasteiger partial charge in [-0.1, -0.05) is 30.3 Å². The zero-order valence-electron chi connectivity index (χ0n) is 10.2. The maximum atomic E-state index is 10.8. The summed E-state index contributed by atoms with van der Waals surface area (Å²) in [7, 11) is 0. The van der Waals surface area contributed by atoms with Crippen molar-refractivity contribution in [3.8, 4) is 0 Å². The van der Waals surface area contributed by atoms with E-state index in [2.05, 4.69) is 0 Å². The van der Waals surface area contributed by atoms with Crippen molar-refractivity contribution in [3.63, 3.8) is 0 Å². The van der Waals surface area contributed by atoms with Crippen molar-refractivity contribution in [1.29, 1.82) is 0 Å². The predicted molar refractivity (Wildman–Crippen MR) is 65.3 cm³/mol. The smallest absolute Gasteiger partial charge is 0.375 e. The van der Waals surface area contributed by atoms with Crippen LogP contribution in [0.25, 0.3) is 0 Å². The Bertz CT molecular complexity index is 443. The van der Waals surface area contributed by atoms with Gasteiger partial charge in [0.1, 0.15) is 12.1 Å². The second-order valence-corrected chi connectivity index (χ2v) is 3.61. The van der Waals surface area contributed by atoms with Gasteiger partial charge >= 0.3 is 11.9 Å². The zero-order chi connectivity index (χ0) is 15.0. The molecule has 19 heavy (non-hydrogen) atoms. The van der Waals surface area contributed by atoms with Crippen LogP contribution in [-0.4, -0.2) is 39.1 Å². The Balaban J connectivity index is 0.000000459. The number of aliphatic hydroxyl groups is 1. The number of ketones is 1. The van der Waals surface area contributed by atoms with Gasteiger partial charge in [0.2, 0.25) is 0 Å². The van der Waals surface area contributed by atoms with Gasteiger partial charge in [0.15, 0.2) is 0 Å². The summed E-state index contributed by atoms with van der Waals surface area (Å²) in [6.07, 6.45) is -1.57. The Labute approximate surface area is 109 Å². The normalized spacial score (nSPS) is 12.6.